The van der Waals surface area contributed by atoms with Gasteiger partial charge >= 0.3 is 0 Å². The third-order valence-electron chi connectivity index (χ3n) is 3.22. The fourth-order valence-corrected chi connectivity index (χ4v) is 2.70. The van der Waals surface area contributed by atoms with Crippen LogP contribution >= 0.6 is 22.6 Å². The number of halogens is 1. The highest BCUT2D eigenvalue weighted by Gasteiger charge is 2.17. The number of nitrogens with zero attached hydrogens (tertiary/aromatic N) is 1. The summed E-state index contributed by atoms with van der Waals surface area (Å²) in [6.45, 7) is 2.52. The topological polar surface area (TPSA) is 32.3 Å². The molecule has 0 heterocycles. The van der Waals surface area contributed by atoms with Crippen molar-refractivity contribution in [3.8, 4) is 0 Å². The first-order valence-corrected chi connectivity index (χ1v) is 7.95. The number of nitrogens with one attached hydrogen (secondary N) is 1. The number of rotatable bonds is 5. The molecule has 0 saturated heterocycles. The summed E-state index contributed by atoms with van der Waals surface area (Å²) in [7, 11) is 1.84. The summed E-state index contributed by atoms with van der Waals surface area (Å²) < 4.78 is 1.15. The maximum Gasteiger partial charge on any atom is 0.244 e. The lowest BCUT2D eigenvalue weighted by Gasteiger charge is -2.23. The van der Waals surface area contributed by atoms with E-state index in [2.05, 4.69) is 27.9 Å². The molecule has 0 saturated carbocycles. The first kappa shape index (κ1) is 15.8. The van der Waals surface area contributed by atoms with Crippen LogP contribution in [-0.4, -0.2) is 23.9 Å². The van der Waals surface area contributed by atoms with Gasteiger partial charge < -0.3 is 10.2 Å². The van der Waals surface area contributed by atoms with Crippen LogP contribution in [0.5, 0.6) is 0 Å². The normalized spacial score (nSPS) is 11.8. The summed E-state index contributed by atoms with van der Waals surface area (Å²) >= 11 is 2.26. The highest BCUT2D eigenvalue weighted by molar-refractivity contribution is 14.1. The third kappa shape index (κ3) is 4.74. The van der Waals surface area contributed by atoms with E-state index in [9.17, 15) is 4.79 Å². The molecule has 1 atom stereocenters. The number of hydrogen-bond donors (Lipinski definition) is 1. The first-order chi connectivity index (χ1) is 10.1. The van der Waals surface area contributed by atoms with Crippen molar-refractivity contribution in [2.75, 3.05) is 12.4 Å². The number of hydrogen-bond acceptors (Lipinski definition) is 2. The van der Waals surface area contributed by atoms with Gasteiger partial charge in [-0.3, -0.25) is 4.79 Å². The van der Waals surface area contributed by atoms with Crippen molar-refractivity contribution in [3.05, 3.63) is 63.7 Å². The van der Waals surface area contributed by atoms with E-state index in [-0.39, 0.29) is 11.9 Å². The van der Waals surface area contributed by atoms with E-state index in [0.29, 0.717) is 6.54 Å². The molecule has 2 aromatic rings. The van der Waals surface area contributed by atoms with Crippen LogP contribution in [0.3, 0.4) is 0 Å². The van der Waals surface area contributed by atoms with Crippen LogP contribution in [0, 0.1) is 3.57 Å². The Morgan fingerprint density at radius 2 is 1.90 bits per heavy atom. The fourth-order valence-electron chi connectivity index (χ4n) is 2.16. The Morgan fingerprint density at radius 3 is 2.57 bits per heavy atom. The molecule has 0 aliphatic heterocycles. The van der Waals surface area contributed by atoms with Crippen molar-refractivity contribution in [2.45, 2.75) is 19.5 Å². The predicted octanol–water partition coefficient (Wildman–Crippen LogP) is 3.75. The minimum atomic E-state index is -0.253. The minimum Gasteiger partial charge on any atom is -0.374 e. The molecule has 2 aromatic carbocycles. The molecule has 0 aliphatic rings. The van der Waals surface area contributed by atoms with Crippen LogP contribution in [0.15, 0.2) is 54.6 Å². The first-order valence-electron chi connectivity index (χ1n) is 6.87. The second-order valence-electron chi connectivity index (χ2n) is 5.06. The number of anilines is 1. The number of carbonyl (C=O) groups is 1. The molecule has 0 aliphatic carbocycles. The van der Waals surface area contributed by atoms with Crippen molar-refractivity contribution >= 4 is 34.2 Å². The molecule has 110 valence electrons. The fraction of sp³-hybridized carbons (Fsp3) is 0.235. The van der Waals surface area contributed by atoms with E-state index < -0.39 is 0 Å². The molecule has 3 nitrogen and oxygen atoms in total. The summed E-state index contributed by atoms with van der Waals surface area (Å²) in [4.78, 5) is 14.1. The molecule has 21 heavy (non-hydrogen) atoms. The number of benzene rings is 2. The molecule has 0 aromatic heterocycles. The molecular formula is C17H19IN2O. The molecule has 1 unspecified atom stereocenters. The van der Waals surface area contributed by atoms with E-state index in [1.807, 2.05) is 68.6 Å². The number of amides is 1. The monoisotopic (exact) mass is 394 g/mol. The van der Waals surface area contributed by atoms with E-state index in [0.717, 1.165) is 14.8 Å². The van der Waals surface area contributed by atoms with Gasteiger partial charge in [-0.2, -0.15) is 0 Å². The summed E-state index contributed by atoms with van der Waals surface area (Å²) in [5, 5.41) is 3.25. The lowest BCUT2D eigenvalue weighted by molar-refractivity contribution is -0.130. The second kappa shape index (κ2) is 7.45. The largest absolute Gasteiger partial charge is 0.374 e. The number of likely N-dealkylation sites (N-methyl/N-ethyl adjacent to an activating group) is 1. The standard InChI is InChI=1S/C17H19IN2O/c1-13(19-16-10-6-9-15(18)11-16)17(21)20(2)12-14-7-4-3-5-8-14/h3-11,13,19H,12H2,1-2H3. The lowest BCUT2D eigenvalue weighted by atomic mass is 10.2. The predicted molar refractivity (Wildman–Crippen MR) is 95.2 cm³/mol. The Bertz CT molecular complexity index is 601. The zero-order chi connectivity index (χ0) is 15.2. The Kier molecular flexibility index (Phi) is 5.61. The van der Waals surface area contributed by atoms with Crippen molar-refractivity contribution in [2.24, 2.45) is 0 Å². The maximum absolute atomic E-state index is 12.4. The van der Waals surface area contributed by atoms with Gasteiger partial charge in [0.15, 0.2) is 0 Å². The molecule has 1 N–H and O–H groups in total. The Labute approximate surface area is 139 Å². The molecule has 0 spiro atoms. The quantitative estimate of drug-likeness (QED) is 0.784. The van der Waals surface area contributed by atoms with E-state index in [4.69, 9.17) is 0 Å². The third-order valence-corrected chi connectivity index (χ3v) is 3.89. The van der Waals surface area contributed by atoms with Crippen LogP contribution in [0.1, 0.15) is 12.5 Å². The van der Waals surface area contributed by atoms with Gasteiger partial charge in [-0.15, -0.1) is 0 Å². The lowest BCUT2D eigenvalue weighted by Crippen LogP contribution is -2.38. The summed E-state index contributed by atoms with van der Waals surface area (Å²) in [5.41, 5.74) is 2.10. The van der Waals surface area contributed by atoms with E-state index in [1.165, 1.54) is 0 Å². The minimum absolute atomic E-state index is 0.0812. The molecule has 0 bridgehead atoms. The molecule has 0 radical (unpaired) electrons. The highest BCUT2D eigenvalue weighted by atomic mass is 127. The van der Waals surface area contributed by atoms with E-state index >= 15 is 0 Å². The van der Waals surface area contributed by atoms with Crippen molar-refractivity contribution < 1.29 is 4.79 Å². The van der Waals surface area contributed by atoms with Crippen LogP contribution in [0.2, 0.25) is 0 Å². The van der Waals surface area contributed by atoms with Gasteiger partial charge in [0.05, 0.1) is 0 Å². The van der Waals surface area contributed by atoms with Crippen molar-refractivity contribution in [3.63, 3.8) is 0 Å². The van der Waals surface area contributed by atoms with Gasteiger partial charge in [-0.05, 0) is 53.3 Å². The zero-order valence-electron chi connectivity index (χ0n) is 12.2. The van der Waals surface area contributed by atoms with Gasteiger partial charge in [0, 0.05) is 22.8 Å². The second-order valence-corrected chi connectivity index (χ2v) is 6.30. The van der Waals surface area contributed by atoms with Crippen molar-refractivity contribution in [1.82, 2.24) is 4.90 Å². The smallest absolute Gasteiger partial charge is 0.244 e. The average Bonchev–Trinajstić information content (AvgIpc) is 2.47. The Morgan fingerprint density at radius 1 is 1.19 bits per heavy atom. The Balaban J connectivity index is 1.95. The van der Waals surface area contributed by atoms with Crippen molar-refractivity contribution in [1.29, 1.82) is 0 Å². The van der Waals surface area contributed by atoms with Gasteiger partial charge in [0.1, 0.15) is 6.04 Å². The number of carbonyl (C=O) groups excluding carboxylic acids is 1. The summed E-state index contributed by atoms with van der Waals surface area (Å²) in [5.74, 6) is 0.0812. The highest BCUT2D eigenvalue weighted by Crippen LogP contribution is 2.14. The molecular weight excluding hydrogens is 375 g/mol. The molecule has 2 rings (SSSR count). The van der Waals surface area contributed by atoms with Crippen LogP contribution in [-0.2, 0) is 11.3 Å². The SMILES string of the molecule is CC(Nc1cccc(I)c1)C(=O)N(C)Cc1ccccc1. The van der Waals surface area contributed by atoms with Gasteiger partial charge in [0.2, 0.25) is 5.91 Å². The molecule has 0 fully saturated rings. The van der Waals surface area contributed by atoms with Crippen LogP contribution < -0.4 is 5.32 Å². The molecule has 1 amide bonds. The average molecular weight is 394 g/mol. The van der Waals surface area contributed by atoms with Gasteiger partial charge in [-0.1, -0.05) is 36.4 Å². The zero-order valence-corrected chi connectivity index (χ0v) is 14.4. The summed E-state index contributed by atoms with van der Waals surface area (Å²) in [6.07, 6.45) is 0. The summed E-state index contributed by atoms with van der Waals surface area (Å²) in [6, 6.07) is 17.8. The molecule has 4 heteroatoms. The van der Waals surface area contributed by atoms with Crippen LogP contribution in [0.4, 0.5) is 5.69 Å². The van der Waals surface area contributed by atoms with Crippen LogP contribution in [0.25, 0.3) is 0 Å². The van der Waals surface area contributed by atoms with Gasteiger partial charge in [-0.25, -0.2) is 0 Å². The van der Waals surface area contributed by atoms with E-state index in [1.54, 1.807) is 4.90 Å². The Hall–Kier alpha value is -1.56. The maximum atomic E-state index is 12.4. The van der Waals surface area contributed by atoms with Gasteiger partial charge in [0.25, 0.3) is 0 Å².